The van der Waals surface area contributed by atoms with Gasteiger partial charge in [0.1, 0.15) is 0 Å². The van der Waals surface area contributed by atoms with Crippen LogP contribution in [0.5, 0.6) is 0 Å². The van der Waals surface area contributed by atoms with Gasteiger partial charge < -0.3 is 5.32 Å². The van der Waals surface area contributed by atoms with Crippen LogP contribution < -0.4 is 10.8 Å². The van der Waals surface area contributed by atoms with Crippen molar-refractivity contribution in [1.82, 2.24) is 5.32 Å². The summed E-state index contributed by atoms with van der Waals surface area (Å²) in [4.78, 5) is 16.9. The van der Waals surface area contributed by atoms with E-state index in [0.29, 0.717) is 11.6 Å². The minimum absolute atomic E-state index is 0.00153. The van der Waals surface area contributed by atoms with E-state index in [9.17, 15) is 4.79 Å². The highest BCUT2D eigenvalue weighted by Crippen LogP contribution is 2.18. The number of anilines is 1. The quantitative estimate of drug-likeness (QED) is 0.805. The predicted molar refractivity (Wildman–Crippen MR) is 71.4 cm³/mol. The monoisotopic (exact) mass is 248 g/mol. The highest BCUT2D eigenvalue weighted by Gasteiger charge is 2.16. The number of nitrogens with one attached hydrogen (secondary N) is 2. The molecular formula is C14H20N2O2. The summed E-state index contributed by atoms with van der Waals surface area (Å²) >= 11 is 0. The average molecular weight is 248 g/mol. The van der Waals surface area contributed by atoms with E-state index in [1.54, 1.807) is 13.2 Å². The first kappa shape index (κ1) is 12.9. The molecule has 0 bridgehead atoms. The van der Waals surface area contributed by atoms with Gasteiger partial charge in [0, 0.05) is 11.6 Å². The van der Waals surface area contributed by atoms with Crippen LogP contribution in [0.25, 0.3) is 0 Å². The fraction of sp³-hybridized carbons (Fsp3) is 0.500. The summed E-state index contributed by atoms with van der Waals surface area (Å²) in [5, 5.41) is 3.10. The van der Waals surface area contributed by atoms with E-state index >= 15 is 0 Å². The maximum atomic E-state index is 12.1. The number of rotatable bonds is 4. The lowest BCUT2D eigenvalue weighted by atomic mass is 9.95. The fourth-order valence-electron chi connectivity index (χ4n) is 2.36. The lowest BCUT2D eigenvalue weighted by molar-refractivity contribution is 0.0927. The summed E-state index contributed by atoms with van der Waals surface area (Å²) in [5.74, 6) is 0.00153. The summed E-state index contributed by atoms with van der Waals surface area (Å²) in [6.45, 7) is 0. The highest BCUT2D eigenvalue weighted by atomic mass is 16.6. The Labute approximate surface area is 108 Å². The number of carbonyl (C=O) groups is 1. The standard InChI is InChI=1S/C14H20N2O2/c1-18-16-13-9-5-6-11(10-13)14(17)15-12-7-3-2-4-8-12/h5-6,9-10,12,16H,2-4,7-8H2,1H3,(H,15,17). The van der Waals surface area contributed by atoms with Crippen LogP contribution >= 0.6 is 0 Å². The topological polar surface area (TPSA) is 50.4 Å². The minimum atomic E-state index is 0.00153. The third kappa shape index (κ3) is 3.47. The van der Waals surface area contributed by atoms with Crippen molar-refractivity contribution < 1.29 is 9.63 Å². The molecule has 2 N–H and O–H groups in total. The Hall–Kier alpha value is -1.55. The Morgan fingerprint density at radius 3 is 2.78 bits per heavy atom. The van der Waals surface area contributed by atoms with Crippen molar-refractivity contribution >= 4 is 11.6 Å². The molecule has 1 aliphatic rings. The van der Waals surface area contributed by atoms with Gasteiger partial charge in [0.25, 0.3) is 5.91 Å². The van der Waals surface area contributed by atoms with Crippen LogP contribution in [0.4, 0.5) is 5.69 Å². The Balaban J connectivity index is 1.96. The van der Waals surface area contributed by atoms with E-state index in [2.05, 4.69) is 10.8 Å². The number of benzene rings is 1. The second kappa shape index (κ2) is 6.40. The number of hydrogen-bond acceptors (Lipinski definition) is 3. The van der Waals surface area contributed by atoms with Gasteiger partial charge in [0.05, 0.1) is 12.8 Å². The molecule has 98 valence electrons. The zero-order valence-corrected chi connectivity index (χ0v) is 10.7. The number of hydrogen-bond donors (Lipinski definition) is 2. The van der Waals surface area contributed by atoms with E-state index in [0.717, 1.165) is 18.5 Å². The molecule has 1 amide bonds. The van der Waals surface area contributed by atoms with Crippen LogP contribution in [-0.2, 0) is 4.84 Å². The van der Waals surface area contributed by atoms with Crippen LogP contribution in [0.3, 0.4) is 0 Å². The van der Waals surface area contributed by atoms with Crippen LogP contribution in [0.15, 0.2) is 24.3 Å². The lowest BCUT2D eigenvalue weighted by Crippen LogP contribution is -2.36. The smallest absolute Gasteiger partial charge is 0.251 e. The molecule has 0 unspecified atom stereocenters. The molecule has 0 radical (unpaired) electrons. The van der Waals surface area contributed by atoms with E-state index in [1.165, 1.54) is 19.3 Å². The van der Waals surface area contributed by atoms with Gasteiger partial charge in [-0.15, -0.1) is 0 Å². The van der Waals surface area contributed by atoms with Crippen molar-refractivity contribution in [2.75, 3.05) is 12.6 Å². The molecular weight excluding hydrogens is 228 g/mol. The largest absolute Gasteiger partial charge is 0.349 e. The lowest BCUT2D eigenvalue weighted by Gasteiger charge is -2.22. The normalized spacial score (nSPS) is 16.3. The molecule has 1 aromatic rings. The molecule has 4 nitrogen and oxygen atoms in total. The Kier molecular flexibility index (Phi) is 4.59. The average Bonchev–Trinajstić information content (AvgIpc) is 2.40. The first-order valence-corrected chi connectivity index (χ1v) is 6.49. The van der Waals surface area contributed by atoms with Crippen LogP contribution in [-0.4, -0.2) is 19.1 Å². The first-order chi connectivity index (χ1) is 8.79. The van der Waals surface area contributed by atoms with Crippen molar-refractivity contribution in [2.45, 2.75) is 38.1 Å². The van der Waals surface area contributed by atoms with E-state index in [1.807, 2.05) is 18.2 Å². The Bertz CT molecular complexity index is 401. The maximum absolute atomic E-state index is 12.1. The molecule has 1 fully saturated rings. The van der Waals surface area contributed by atoms with Crippen molar-refractivity contribution in [1.29, 1.82) is 0 Å². The van der Waals surface area contributed by atoms with E-state index in [4.69, 9.17) is 4.84 Å². The summed E-state index contributed by atoms with van der Waals surface area (Å²) in [5.41, 5.74) is 4.18. The van der Waals surface area contributed by atoms with Gasteiger partial charge >= 0.3 is 0 Å². The SMILES string of the molecule is CONc1cccc(C(=O)NC2CCCCC2)c1. The molecule has 1 aromatic carbocycles. The zero-order chi connectivity index (χ0) is 12.8. The molecule has 1 saturated carbocycles. The summed E-state index contributed by atoms with van der Waals surface area (Å²) in [6, 6.07) is 7.66. The molecule has 0 saturated heterocycles. The molecule has 4 heteroatoms. The van der Waals surface area contributed by atoms with Gasteiger partial charge in [0.15, 0.2) is 0 Å². The Morgan fingerprint density at radius 1 is 1.28 bits per heavy atom. The molecule has 1 aliphatic carbocycles. The van der Waals surface area contributed by atoms with Gasteiger partial charge in [0.2, 0.25) is 0 Å². The summed E-state index contributed by atoms with van der Waals surface area (Å²) in [6.07, 6.45) is 5.93. The van der Waals surface area contributed by atoms with Crippen LogP contribution in [0.2, 0.25) is 0 Å². The van der Waals surface area contributed by atoms with Gasteiger partial charge in [-0.3, -0.25) is 15.1 Å². The molecule has 0 aromatic heterocycles. The Morgan fingerprint density at radius 2 is 2.06 bits per heavy atom. The minimum Gasteiger partial charge on any atom is -0.349 e. The van der Waals surface area contributed by atoms with Gasteiger partial charge in [-0.25, -0.2) is 0 Å². The second-order valence-corrected chi connectivity index (χ2v) is 4.70. The number of carbonyl (C=O) groups excluding carboxylic acids is 1. The molecule has 0 atom stereocenters. The van der Waals surface area contributed by atoms with Crippen molar-refractivity contribution in [3.63, 3.8) is 0 Å². The number of amides is 1. The molecule has 0 heterocycles. The van der Waals surface area contributed by atoms with Crippen molar-refractivity contribution in [2.24, 2.45) is 0 Å². The van der Waals surface area contributed by atoms with E-state index in [-0.39, 0.29) is 5.91 Å². The van der Waals surface area contributed by atoms with Crippen molar-refractivity contribution in [3.8, 4) is 0 Å². The molecule has 0 spiro atoms. The predicted octanol–water partition coefficient (Wildman–Crippen LogP) is 2.72. The molecule has 2 rings (SSSR count). The highest BCUT2D eigenvalue weighted by molar-refractivity contribution is 5.95. The fourth-order valence-corrected chi connectivity index (χ4v) is 2.36. The third-order valence-electron chi connectivity index (χ3n) is 3.29. The van der Waals surface area contributed by atoms with Gasteiger partial charge in [-0.2, -0.15) is 0 Å². The van der Waals surface area contributed by atoms with Crippen molar-refractivity contribution in [3.05, 3.63) is 29.8 Å². The zero-order valence-electron chi connectivity index (χ0n) is 10.7. The maximum Gasteiger partial charge on any atom is 0.251 e. The molecule has 0 aliphatic heterocycles. The van der Waals surface area contributed by atoms with Crippen LogP contribution in [0, 0.1) is 0 Å². The third-order valence-corrected chi connectivity index (χ3v) is 3.29. The summed E-state index contributed by atoms with van der Waals surface area (Å²) in [7, 11) is 1.55. The first-order valence-electron chi connectivity index (χ1n) is 6.49. The second-order valence-electron chi connectivity index (χ2n) is 4.70. The van der Waals surface area contributed by atoms with Crippen LogP contribution in [0.1, 0.15) is 42.5 Å². The van der Waals surface area contributed by atoms with E-state index < -0.39 is 0 Å². The van der Waals surface area contributed by atoms with Gasteiger partial charge in [-0.1, -0.05) is 25.3 Å². The molecule has 18 heavy (non-hydrogen) atoms. The summed E-state index contributed by atoms with van der Waals surface area (Å²) < 4.78 is 0. The van der Waals surface area contributed by atoms with Gasteiger partial charge in [-0.05, 0) is 31.0 Å².